The number of hydrogen-bond donors (Lipinski definition) is 1. The van der Waals surface area contributed by atoms with Gasteiger partial charge in [-0.05, 0) is 42.5 Å². The highest BCUT2D eigenvalue weighted by Gasteiger charge is 2.24. The maximum atomic E-state index is 6.26. The van der Waals surface area contributed by atoms with Crippen molar-refractivity contribution in [3.63, 3.8) is 0 Å². The van der Waals surface area contributed by atoms with Crippen LogP contribution in [0.1, 0.15) is 37.3 Å². The summed E-state index contributed by atoms with van der Waals surface area (Å²) in [7, 11) is 0. The molecule has 1 aromatic carbocycles. The molecule has 0 spiro atoms. The molecule has 0 saturated heterocycles. The van der Waals surface area contributed by atoms with E-state index >= 15 is 0 Å². The van der Waals surface area contributed by atoms with E-state index in [0.29, 0.717) is 5.92 Å². The first-order valence-corrected chi connectivity index (χ1v) is 6.56. The van der Waals surface area contributed by atoms with Crippen LogP contribution in [0.5, 0.6) is 0 Å². The lowest BCUT2D eigenvalue weighted by Crippen LogP contribution is -2.19. The summed E-state index contributed by atoms with van der Waals surface area (Å²) in [6.45, 7) is 0. The maximum absolute atomic E-state index is 6.26. The zero-order valence-electron chi connectivity index (χ0n) is 8.55. The van der Waals surface area contributed by atoms with Crippen LogP contribution in [-0.2, 0) is 0 Å². The van der Waals surface area contributed by atoms with Gasteiger partial charge in [0.05, 0.1) is 0 Å². The molecule has 1 aliphatic rings. The van der Waals surface area contributed by atoms with Crippen LogP contribution in [0.3, 0.4) is 0 Å². The van der Waals surface area contributed by atoms with Gasteiger partial charge in [0, 0.05) is 15.5 Å². The first-order chi connectivity index (χ1) is 7.18. The lowest BCUT2D eigenvalue weighted by Gasteiger charge is -2.20. The second-order valence-corrected chi connectivity index (χ2v) is 5.56. The van der Waals surface area contributed by atoms with E-state index in [-0.39, 0.29) is 6.04 Å². The average molecular weight is 289 g/mol. The van der Waals surface area contributed by atoms with Crippen molar-refractivity contribution in [2.75, 3.05) is 0 Å². The van der Waals surface area contributed by atoms with Crippen LogP contribution in [0.4, 0.5) is 0 Å². The lowest BCUT2D eigenvalue weighted by molar-refractivity contribution is 0.445. The molecule has 82 valence electrons. The van der Waals surface area contributed by atoms with Crippen molar-refractivity contribution < 1.29 is 0 Å². The van der Waals surface area contributed by atoms with Crippen LogP contribution in [0, 0.1) is 5.92 Å². The standard InChI is InChI=1S/C12H15BrClN/c13-9-5-6-11(14)10(7-9)12(15)8-3-1-2-4-8/h5-8,12H,1-4,15H2. The second-order valence-electron chi connectivity index (χ2n) is 4.24. The molecule has 0 aromatic heterocycles. The van der Waals surface area contributed by atoms with Gasteiger partial charge in [0.25, 0.3) is 0 Å². The van der Waals surface area contributed by atoms with Crippen molar-refractivity contribution in [1.82, 2.24) is 0 Å². The van der Waals surface area contributed by atoms with Crippen LogP contribution < -0.4 is 5.73 Å². The molecule has 2 N–H and O–H groups in total. The molecule has 1 atom stereocenters. The summed E-state index contributed by atoms with van der Waals surface area (Å²) in [4.78, 5) is 0. The molecular weight excluding hydrogens is 273 g/mol. The van der Waals surface area contributed by atoms with Crippen molar-refractivity contribution in [2.45, 2.75) is 31.7 Å². The van der Waals surface area contributed by atoms with E-state index in [1.54, 1.807) is 0 Å². The Kier molecular flexibility index (Phi) is 3.70. The number of halogens is 2. The van der Waals surface area contributed by atoms with E-state index in [1.165, 1.54) is 25.7 Å². The lowest BCUT2D eigenvalue weighted by atomic mass is 9.92. The first kappa shape index (κ1) is 11.4. The molecule has 2 rings (SSSR count). The Morgan fingerprint density at radius 2 is 2.00 bits per heavy atom. The Hall–Kier alpha value is -0.0500. The zero-order valence-corrected chi connectivity index (χ0v) is 10.9. The van der Waals surface area contributed by atoms with Crippen LogP contribution >= 0.6 is 27.5 Å². The molecule has 15 heavy (non-hydrogen) atoms. The van der Waals surface area contributed by atoms with Gasteiger partial charge in [0.2, 0.25) is 0 Å². The van der Waals surface area contributed by atoms with Gasteiger partial charge in [-0.15, -0.1) is 0 Å². The number of benzene rings is 1. The van der Waals surface area contributed by atoms with Crippen LogP contribution in [0.15, 0.2) is 22.7 Å². The van der Waals surface area contributed by atoms with E-state index in [4.69, 9.17) is 17.3 Å². The summed E-state index contributed by atoms with van der Waals surface area (Å²) >= 11 is 9.63. The normalized spacial score (nSPS) is 19.4. The third kappa shape index (κ3) is 2.55. The second kappa shape index (κ2) is 4.86. The monoisotopic (exact) mass is 287 g/mol. The third-order valence-electron chi connectivity index (χ3n) is 3.22. The Morgan fingerprint density at radius 3 is 2.67 bits per heavy atom. The van der Waals surface area contributed by atoms with E-state index in [1.807, 2.05) is 18.2 Å². The smallest absolute Gasteiger partial charge is 0.0454 e. The van der Waals surface area contributed by atoms with Gasteiger partial charge in [0.1, 0.15) is 0 Å². The van der Waals surface area contributed by atoms with E-state index in [9.17, 15) is 0 Å². The van der Waals surface area contributed by atoms with Crippen LogP contribution in [-0.4, -0.2) is 0 Å². The van der Waals surface area contributed by atoms with E-state index in [2.05, 4.69) is 15.9 Å². The van der Waals surface area contributed by atoms with Gasteiger partial charge in [0.15, 0.2) is 0 Å². The Balaban J connectivity index is 2.23. The van der Waals surface area contributed by atoms with Crippen molar-refractivity contribution in [2.24, 2.45) is 11.7 Å². The summed E-state index contributed by atoms with van der Waals surface area (Å²) in [6.07, 6.45) is 5.10. The Bertz CT molecular complexity index is 347. The fourth-order valence-electron chi connectivity index (χ4n) is 2.34. The van der Waals surface area contributed by atoms with Crippen molar-refractivity contribution in [1.29, 1.82) is 0 Å². The number of rotatable bonds is 2. The minimum Gasteiger partial charge on any atom is -0.324 e. The van der Waals surface area contributed by atoms with Crippen molar-refractivity contribution in [3.05, 3.63) is 33.3 Å². The van der Waals surface area contributed by atoms with Gasteiger partial charge in [-0.25, -0.2) is 0 Å². The minimum atomic E-state index is 0.0949. The highest BCUT2D eigenvalue weighted by atomic mass is 79.9. The predicted octanol–water partition coefficient (Wildman–Crippen LogP) is 4.29. The average Bonchev–Trinajstić information content (AvgIpc) is 2.74. The topological polar surface area (TPSA) is 26.0 Å². The fourth-order valence-corrected chi connectivity index (χ4v) is 2.96. The van der Waals surface area contributed by atoms with Gasteiger partial charge < -0.3 is 5.73 Å². The molecule has 1 unspecified atom stereocenters. The molecule has 3 heteroatoms. The van der Waals surface area contributed by atoms with Crippen LogP contribution in [0.2, 0.25) is 5.02 Å². The van der Waals surface area contributed by atoms with Gasteiger partial charge in [-0.2, -0.15) is 0 Å². The highest BCUT2D eigenvalue weighted by molar-refractivity contribution is 9.10. The molecule has 1 aromatic rings. The molecule has 0 bridgehead atoms. The van der Waals surface area contributed by atoms with E-state index < -0.39 is 0 Å². The Morgan fingerprint density at radius 1 is 1.33 bits per heavy atom. The molecule has 1 aliphatic carbocycles. The summed E-state index contributed by atoms with van der Waals surface area (Å²) in [6, 6.07) is 6.01. The summed E-state index contributed by atoms with van der Waals surface area (Å²) in [5.41, 5.74) is 7.35. The van der Waals surface area contributed by atoms with Crippen molar-refractivity contribution >= 4 is 27.5 Å². The molecule has 1 saturated carbocycles. The minimum absolute atomic E-state index is 0.0949. The zero-order chi connectivity index (χ0) is 10.8. The summed E-state index contributed by atoms with van der Waals surface area (Å²) < 4.78 is 1.05. The summed E-state index contributed by atoms with van der Waals surface area (Å²) in [5.74, 6) is 0.608. The molecule has 0 radical (unpaired) electrons. The third-order valence-corrected chi connectivity index (χ3v) is 4.06. The van der Waals surface area contributed by atoms with E-state index in [0.717, 1.165) is 15.1 Å². The fraction of sp³-hybridized carbons (Fsp3) is 0.500. The molecule has 0 heterocycles. The molecule has 1 fully saturated rings. The first-order valence-electron chi connectivity index (χ1n) is 5.39. The SMILES string of the molecule is NC(c1cc(Br)ccc1Cl)C1CCCC1. The number of nitrogens with two attached hydrogens (primary N) is 1. The molecule has 0 amide bonds. The predicted molar refractivity (Wildman–Crippen MR) is 68.0 cm³/mol. The summed E-state index contributed by atoms with van der Waals surface area (Å²) in [5, 5.41) is 0.789. The van der Waals surface area contributed by atoms with Gasteiger partial charge >= 0.3 is 0 Å². The highest BCUT2D eigenvalue weighted by Crippen LogP contribution is 2.37. The van der Waals surface area contributed by atoms with Gasteiger partial charge in [-0.1, -0.05) is 40.4 Å². The maximum Gasteiger partial charge on any atom is 0.0454 e. The quantitative estimate of drug-likeness (QED) is 0.863. The molecule has 1 nitrogen and oxygen atoms in total. The largest absolute Gasteiger partial charge is 0.324 e. The number of hydrogen-bond acceptors (Lipinski definition) is 1. The van der Waals surface area contributed by atoms with Crippen molar-refractivity contribution in [3.8, 4) is 0 Å². The van der Waals surface area contributed by atoms with Crippen LogP contribution in [0.25, 0.3) is 0 Å². The van der Waals surface area contributed by atoms with Gasteiger partial charge in [-0.3, -0.25) is 0 Å². The Labute approximate surface area is 104 Å². The molecule has 0 aliphatic heterocycles. The molecular formula is C12H15BrClN.